The van der Waals surface area contributed by atoms with Gasteiger partial charge in [-0.1, -0.05) is 6.07 Å². The maximum Gasteiger partial charge on any atom is 0.244 e. The highest BCUT2D eigenvalue weighted by molar-refractivity contribution is 5.91. The largest absolute Gasteiger partial charge is 0.324 e. The van der Waals surface area contributed by atoms with E-state index in [4.69, 9.17) is 0 Å². The smallest absolute Gasteiger partial charge is 0.244 e. The molecule has 1 heterocycles. The molecule has 3 aromatic rings. The second kappa shape index (κ2) is 5.83. The molecule has 0 radical (unpaired) electrons. The fraction of sp³-hybridized carbons (Fsp3) is 0.222. The number of anilines is 1. The van der Waals surface area contributed by atoms with E-state index in [9.17, 15) is 9.18 Å². The third kappa shape index (κ3) is 3.08. The fourth-order valence-corrected chi connectivity index (χ4v) is 2.47. The maximum absolute atomic E-state index is 13.5. The third-order valence-corrected chi connectivity index (χ3v) is 4.01. The lowest BCUT2D eigenvalue weighted by atomic mass is 10.1. The standard InChI is InChI=1S/C18H18FN3O/c1-11-4-5-14(8-15(11)19)21-18(23)9-22-10-20-16-6-12(2)13(3)7-17(16)22/h4-8,10H,9H2,1-3H3,(H,21,23). The Labute approximate surface area is 134 Å². The number of imidazole rings is 1. The molecule has 2 aromatic carbocycles. The summed E-state index contributed by atoms with van der Waals surface area (Å²) in [7, 11) is 0. The predicted molar refractivity (Wildman–Crippen MR) is 89.0 cm³/mol. The molecule has 0 saturated heterocycles. The number of fused-ring (bicyclic) bond motifs is 1. The van der Waals surface area contributed by atoms with Crippen LogP contribution in [0.25, 0.3) is 11.0 Å². The summed E-state index contributed by atoms with van der Waals surface area (Å²) in [5.74, 6) is -0.548. The summed E-state index contributed by atoms with van der Waals surface area (Å²) in [6, 6.07) is 8.69. The van der Waals surface area contributed by atoms with Gasteiger partial charge in [0, 0.05) is 5.69 Å². The summed E-state index contributed by atoms with van der Waals surface area (Å²) in [6.07, 6.45) is 1.65. The molecule has 5 heteroatoms. The van der Waals surface area contributed by atoms with E-state index < -0.39 is 0 Å². The van der Waals surface area contributed by atoms with Gasteiger partial charge in [0.25, 0.3) is 0 Å². The number of benzene rings is 2. The van der Waals surface area contributed by atoms with E-state index in [0.717, 1.165) is 16.6 Å². The minimum atomic E-state index is -0.331. The Morgan fingerprint density at radius 3 is 2.61 bits per heavy atom. The predicted octanol–water partition coefficient (Wildman–Crippen LogP) is 3.74. The maximum atomic E-state index is 13.5. The molecule has 118 valence electrons. The summed E-state index contributed by atoms with van der Waals surface area (Å²) in [5, 5.41) is 2.71. The highest BCUT2D eigenvalue weighted by Crippen LogP contribution is 2.19. The lowest BCUT2D eigenvalue weighted by Crippen LogP contribution is -2.18. The van der Waals surface area contributed by atoms with Gasteiger partial charge in [0.05, 0.1) is 17.4 Å². The minimum Gasteiger partial charge on any atom is -0.324 e. The first-order valence-corrected chi connectivity index (χ1v) is 7.42. The van der Waals surface area contributed by atoms with Crippen LogP contribution < -0.4 is 5.32 Å². The van der Waals surface area contributed by atoms with Gasteiger partial charge in [-0.15, -0.1) is 0 Å². The topological polar surface area (TPSA) is 46.9 Å². The van der Waals surface area contributed by atoms with Crippen molar-refractivity contribution >= 4 is 22.6 Å². The Kier molecular flexibility index (Phi) is 3.86. The number of carbonyl (C=O) groups excluding carboxylic acids is 1. The molecule has 3 rings (SSSR count). The zero-order chi connectivity index (χ0) is 16.6. The normalized spacial score (nSPS) is 11.0. The van der Waals surface area contributed by atoms with E-state index in [-0.39, 0.29) is 18.3 Å². The van der Waals surface area contributed by atoms with E-state index >= 15 is 0 Å². The number of aryl methyl sites for hydroxylation is 3. The van der Waals surface area contributed by atoms with Crippen molar-refractivity contribution in [3.8, 4) is 0 Å². The van der Waals surface area contributed by atoms with Crippen LogP contribution in [0.15, 0.2) is 36.7 Å². The van der Waals surface area contributed by atoms with Crippen molar-refractivity contribution in [2.75, 3.05) is 5.32 Å². The molecule has 0 spiro atoms. The summed E-state index contributed by atoms with van der Waals surface area (Å²) in [6.45, 7) is 5.88. The van der Waals surface area contributed by atoms with E-state index in [2.05, 4.69) is 10.3 Å². The first kappa shape index (κ1) is 15.2. The van der Waals surface area contributed by atoms with E-state index in [1.165, 1.54) is 11.6 Å². The van der Waals surface area contributed by atoms with Crippen LogP contribution in [-0.4, -0.2) is 15.5 Å². The van der Waals surface area contributed by atoms with Crippen molar-refractivity contribution in [2.24, 2.45) is 0 Å². The van der Waals surface area contributed by atoms with Gasteiger partial charge < -0.3 is 9.88 Å². The highest BCUT2D eigenvalue weighted by Gasteiger charge is 2.10. The molecule has 0 aliphatic heterocycles. The van der Waals surface area contributed by atoms with Gasteiger partial charge in [-0.05, 0) is 61.7 Å². The summed E-state index contributed by atoms with van der Waals surface area (Å²) < 4.78 is 15.3. The van der Waals surface area contributed by atoms with Gasteiger partial charge in [0.1, 0.15) is 12.4 Å². The van der Waals surface area contributed by atoms with Crippen molar-refractivity contribution < 1.29 is 9.18 Å². The lowest BCUT2D eigenvalue weighted by Gasteiger charge is -2.08. The van der Waals surface area contributed by atoms with Crippen molar-refractivity contribution in [3.05, 3.63) is 59.2 Å². The van der Waals surface area contributed by atoms with Crippen LogP contribution in [0.2, 0.25) is 0 Å². The van der Waals surface area contributed by atoms with E-state index in [1.54, 1.807) is 30.0 Å². The zero-order valence-corrected chi connectivity index (χ0v) is 13.4. The molecular weight excluding hydrogens is 293 g/mol. The molecule has 0 saturated carbocycles. The first-order chi connectivity index (χ1) is 10.9. The molecule has 1 amide bonds. The van der Waals surface area contributed by atoms with Crippen LogP contribution in [0.1, 0.15) is 16.7 Å². The van der Waals surface area contributed by atoms with Gasteiger partial charge in [-0.25, -0.2) is 9.37 Å². The van der Waals surface area contributed by atoms with Gasteiger partial charge in [-0.3, -0.25) is 4.79 Å². The highest BCUT2D eigenvalue weighted by atomic mass is 19.1. The SMILES string of the molecule is Cc1cc2ncn(CC(=O)Nc3ccc(C)c(F)c3)c2cc1C. The summed E-state index contributed by atoms with van der Waals surface area (Å²) in [4.78, 5) is 16.5. The number of amides is 1. The average molecular weight is 311 g/mol. The Bertz CT molecular complexity index is 899. The van der Waals surface area contributed by atoms with Gasteiger partial charge in [0.15, 0.2) is 0 Å². The Morgan fingerprint density at radius 1 is 1.13 bits per heavy atom. The fourth-order valence-electron chi connectivity index (χ4n) is 2.47. The summed E-state index contributed by atoms with van der Waals surface area (Å²) in [5.41, 5.74) is 5.10. The molecule has 0 aliphatic carbocycles. The molecule has 1 N–H and O–H groups in total. The monoisotopic (exact) mass is 311 g/mol. The zero-order valence-electron chi connectivity index (χ0n) is 13.4. The van der Waals surface area contributed by atoms with Crippen molar-refractivity contribution in [2.45, 2.75) is 27.3 Å². The van der Waals surface area contributed by atoms with Crippen LogP contribution in [-0.2, 0) is 11.3 Å². The van der Waals surface area contributed by atoms with Crippen LogP contribution in [0, 0.1) is 26.6 Å². The number of rotatable bonds is 3. The molecule has 0 atom stereocenters. The Balaban J connectivity index is 1.80. The van der Waals surface area contributed by atoms with E-state index in [0.29, 0.717) is 11.3 Å². The molecule has 0 aliphatic rings. The number of hydrogen-bond acceptors (Lipinski definition) is 2. The number of aromatic nitrogens is 2. The van der Waals surface area contributed by atoms with Gasteiger partial charge in [-0.2, -0.15) is 0 Å². The lowest BCUT2D eigenvalue weighted by molar-refractivity contribution is -0.116. The number of nitrogens with zero attached hydrogens (tertiary/aromatic N) is 2. The molecule has 1 aromatic heterocycles. The molecule has 0 unspecified atom stereocenters. The molecular formula is C18H18FN3O. The van der Waals surface area contributed by atoms with Crippen LogP contribution in [0.3, 0.4) is 0 Å². The molecule has 0 fully saturated rings. The quantitative estimate of drug-likeness (QED) is 0.801. The number of hydrogen-bond donors (Lipinski definition) is 1. The number of halogens is 1. The van der Waals surface area contributed by atoms with Crippen LogP contribution in [0.4, 0.5) is 10.1 Å². The van der Waals surface area contributed by atoms with Gasteiger partial charge in [0.2, 0.25) is 5.91 Å². The number of nitrogens with one attached hydrogen (secondary N) is 1. The second-order valence-electron chi connectivity index (χ2n) is 5.81. The molecule has 23 heavy (non-hydrogen) atoms. The van der Waals surface area contributed by atoms with E-state index in [1.807, 2.05) is 26.0 Å². The molecule has 0 bridgehead atoms. The van der Waals surface area contributed by atoms with Crippen molar-refractivity contribution in [3.63, 3.8) is 0 Å². The minimum absolute atomic E-state index is 0.133. The Morgan fingerprint density at radius 2 is 1.87 bits per heavy atom. The third-order valence-electron chi connectivity index (χ3n) is 4.01. The van der Waals surface area contributed by atoms with Crippen molar-refractivity contribution in [1.29, 1.82) is 0 Å². The number of carbonyl (C=O) groups is 1. The molecule has 4 nitrogen and oxygen atoms in total. The van der Waals surface area contributed by atoms with Crippen molar-refractivity contribution in [1.82, 2.24) is 9.55 Å². The average Bonchev–Trinajstić information content (AvgIpc) is 2.86. The Hall–Kier alpha value is -2.69. The second-order valence-corrected chi connectivity index (χ2v) is 5.81. The van der Waals surface area contributed by atoms with Crippen LogP contribution in [0.5, 0.6) is 0 Å². The van der Waals surface area contributed by atoms with Gasteiger partial charge >= 0.3 is 0 Å². The first-order valence-electron chi connectivity index (χ1n) is 7.42. The van der Waals surface area contributed by atoms with Crippen LogP contribution >= 0.6 is 0 Å². The summed E-state index contributed by atoms with van der Waals surface area (Å²) >= 11 is 0.